The van der Waals surface area contributed by atoms with Crippen LogP contribution in [0, 0.1) is 0 Å². The lowest BCUT2D eigenvalue weighted by Crippen LogP contribution is -2.45. The molecule has 0 radical (unpaired) electrons. The first-order chi connectivity index (χ1) is 12.7. The summed E-state index contributed by atoms with van der Waals surface area (Å²) in [6, 6.07) is 15.6. The van der Waals surface area contributed by atoms with Crippen LogP contribution in [0.4, 0.5) is 0 Å². The fraction of sp³-hybridized carbons (Fsp3) is 0.286. The number of hydrogen-bond donors (Lipinski definition) is 2. The summed E-state index contributed by atoms with van der Waals surface area (Å²) in [5, 5.41) is 4.60. The van der Waals surface area contributed by atoms with Crippen molar-refractivity contribution in [2.75, 3.05) is 13.7 Å². The van der Waals surface area contributed by atoms with Crippen LogP contribution in [0.5, 0.6) is 5.75 Å². The van der Waals surface area contributed by atoms with E-state index in [0.717, 1.165) is 33.5 Å². The second kappa shape index (κ2) is 6.84. The van der Waals surface area contributed by atoms with Crippen molar-refractivity contribution < 1.29 is 14.3 Å². The Morgan fingerprint density at radius 3 is 2.73 bits per heavy atom. The zero-order valence-electron chi connectivity index (χ0n) is 14.9. The van der Waals surface area contributed by atoms with Crippen molar-refractivity contribution in [2.45, 2.75) is 25.4 Å². The lowest BCUT2D eigenvalue weighted by molar-refractivity contribution is -0.143. The first-order valence-corrected chi connectivity index (χ1v) is 8.88. The average Bonchev–Trinajstić information content (AvgIpc) is 3.06. The highest BCUT2D eigenvalue weighted by Crippen LogP contribution is 2.38. The van der Waals surface area contributed by atoms with Crippen LogP contribution in [0.15, 0.2) is 48.5 Å². The van der Waals surface area contributed by atoms with E-state index in [1.54, 1.807) is 0 Å². The molecule has 1 aliphatic rings. The third-order valence-electron chi connectivity index (χ3n) is 4.93. The average molecular weight is 350 g/mol. The molecular weight excluding hydrogens is 328 g/mol. The van der Waals surface area contributed by atoms with Crippen LogP contribution >= 0.6 is 0 Å². The number of para-hydroxylation sites is 2. The first kappa shape index (κ1) is 16.7. The molecule has 1 aliphatic heterocycles. The molecule has 0 saturated carbocycles. The Morgan fingerprint density at radius 1 is 1.15 bits per heavy atom. The molecule has 2 N–H and O–H groups in total. The Hall–Kier alpha value is -2.79. The van der Waals surface area contributed by atoms with E-state index in [-0.39, 0.29) is 12.0 Å². The monoisotopic (exact) mass is 350 g/mol. The smallest absolute Gasteiger partial charge is 0.323 e. The normalized spacial score (nSPS) is 19.2. The molecule has 0 amide bonds. The molecular formula is C21H22N2O3. The second-order valence-corrected chi connectivity index (χ2v) is 6.41. The van der Waals surface area contributed by atoms with Crippen LogP contribution in [0.2, 0.25) is 0 Å². The molecule has 5 heteroatoms. The topological polar surface area (TPSA) is 63.4 Å². The van der Waals surface area contributed by atoms with Gasteiger partial charge in [0.15, 0.2) is 0 Å². The fourth-order valence-electron chi connectivity index (χ4n) is 3.78. The summed E-state index contributed by atoms with van der Waals surface area (Å²) in [6.45, 7) is 2.56. The molecule has 0 spiro atoms. The van der Waals surface area contributed by atoms with Gasteiger partial charge in [0.2, 0.25) is 0 Å². The minimum Gasteiger partial charge on any atom is -0.494 e. The van der Waals surface area contributed by atoms with E-state index in [0.29, 0.717) is 13.0 Å². The molecule has 134 valence electrons. The number of rotatable bonds is 4. The highest BCUT2D eigenvalue weighted by atomic mass is 16.5. The van der Waals surface area contributed by atoms with E-state index >= 15 is 0 Å². The number of hydrogen-bond acceptors (Lipinski definition) is 4. The maximum atomic E-state index is 12.3. The predicted molar refractivity (Wildman–Crippen MR) is 100 cm³/mol. The number of methoxy groups -OCH3 is 1. The molecule has 26 heavy (non-hydrogen) atoms. The van der Waals surface area contributed by atoms with Gasteiger partial charge in [0.1, 0.15) is 11.8 Å². The zero-order chi connectivity index (χ0) is 18.1. The minimum atomic E-state index is -0.397. The summed E-state index contributed by atoms with van der Waals surface area (Å²) >= 11 is 0. The number of aromatic amines is 1. The minimum absolute atomic E-state index is 0.169. The first-order valence-electron chi connectivity index (χ1n) is 8.88. The number of aromatic nitrogens is 1. The van der Waals surface area contributed by atoms with Crippen molar-refractivity contribution >= 4 is 16.9 Å². The maximum absolute atomic E-state index is 12.3. The van der Waals surface area contributed by atoms with Gasteiger partial charge >= 0.3 is 5.97 Å². The van der Waals surface area contributed by atoms with Gasteiger partial charge < -0.3 is 14.5 Å². The summed E-state index contributed by atoms with van der Waals surface area (Å²) in [7, 11) is 1.43. The van der Waals surface area contributed by atoms with E-state index in [2.05, 4.69) is 22.4 Å². The van der Waals surface area contributed by atoms with Gasteiger partial charge in [0.05, 0.1) is 19.8 Å². The van der Waals surface area contributed by atoms with Gasteiger partial charge in [0, 0.05) is 28.6 Å². The molecule has 2 heterocycles. The van der Waals surface area contributed by atoms with Crippen LogP contribution in [0.3, 0.4) is 0 Å². The highest BCUT2D eigenvalue weighted by molar-refractivity contribution is 5.87. The van der Waals surface area contributed by atoms with Gasteiger partial charge in [-0.05, 0) is 24.6 Å². The van der Waals surface area contributed by atoms with Gasteiger partial charge in [-0.1, -0.05) is 36.4 Å². The number of esters is 1. The largest absolute Gasteiger partial charge is 0.494 e. The molecule has 2 atom stereocenters. The summed E-state index contributed by atoms with van der Waals surface area (Å²) in [4.78, 5) is 15.8. The standard InChI is InChI=1S/C21H22N2O3/c1-3-26-18-11-7-5-9-14(18)19-20-15(12-17(23-19)21(24)25-2)13-8-4-6-10-16(13)22-20/h4-11,17,19,22-23H,3,12H2,1-2H3. The van der Waals surface area contributed by atoms with Crippen LogP contribution < -0.4 is 10.1 Å². The Balaban J connectivity index is 1.88. The molecule has 1 aromatic heterocycles. The number of ether oxygens (including phenoxy) is 2. The summed E-state index contributed by atoms with van der Waals surface area (Å²) < 4.78 is 10.8. The quantitative estimate of drug-likeness (QED) is 0.709. The Morgan fingerprint density at radius 2 is 1.92 bits per heavy atom. The van der Waals surface area contributed by atoms with Crippen molar-refractivity contribution in [3.63, 3.8) is 0 Å². The van der Waals surface area contributed by atoms with Crippen molar-refractivity contribution in [3.8, 4) is 5.75 Å². The second-order valence-electron chi connectivity index (χ2n) is 6.41. The van der Waals surface area contributed by atoms with E-state index in [9.17, 15) is 4.79 Å². The third-order valence-corrected chi connectivity index (χ3v) is 4.93. The van der Waals surface area contributed by atoms with Crippen LogP contribution in [0.25, 0.3) is 10.9 Å². The van der Waals surface area contributed by atoms with Gasteiger partial charge in [-0.15, -0.1) is 0 Å². The zero-order valence-corrected chi connectivity index (χ0v) is 14.9. The molecule has 0 saturated heterocycles. The Bertz CT molecular complexity index is 947. The number of nitrogens with one attached hydrogen (secondary N) is 2. The summed E-state index contributed by atoms with van der Waals surface area (Å²) in [5.74, 6) is 0.572. The molecule has 5 nitrogen and oxygen atoms in total. The molecule has 2 aromatic carbocycles. The maximum Gasteiger partial charge on any atom is 0.323 e. The SMILES string of the molecule is CCOc1ccccc1C1NC(C(=O)OC)Cc2c1[nH]c1ccccc21. The van der Waals surface area contributed by atoms with Gasteiger partial charge in [0.25, 0.3) is 0 Å². The number of benzene rings is 2. The van der Waals surface area contributed by atoms with Crippen LogP contribution in [-0.2, 0) is 16.0 Å². The number of fused-ring (bicyclic) bond motifs is 3. The van der Waals surface area contributed by atoms with E-state index in [1.165, 1.54) is 7.11 Å². The van der Waals surface area contributed by atoms with Crippen LogP contribution in [0.1, 0.15) is 29.8 Å². The molecule has 4 rings (SSSR count). The van der Waals surface area contributed by atoms with E-state index < -0.39 is 6.04 Å². The number of carbonyl (C=O) groups is 1. The predicted octanol–water partition coefficient (Wildman–Crippen LogP) is 3.34. The lowest BCUT2D eigenvalue weighted by atomic mass is 9.90. The van der Waals surface area contributed by atoms with Gasteiger partial charge in [-0.25, -0.2) is 0 Å². The van der Waals surface area contributed by atoms with Crippen LogP contribution in [-0.4, -0.2) is 30.7 Å². The Labute approximate surface area is 152 Å². The molecule has 3 aromatic rings. The third kappa shape index (κ3) is 2.74. The van der Waals surface area contributed by atoms with Crippen molar-refractivity contribution in [1.82, 2.24) is 10.3 Å². The van der Waals surface area contributed by atoms with E-state index in [1.807, 2.05) is 43.3 Å². The van der Waals surface area contributed by atoms with Crippen molar-refractivity contribution in [2.24, 2.45) is 0 Å². The molecule has 0 fully saturated rings. The molecule has 0 bridgehead atoms. The van der Waals surface area contributed by atoms with Crippen molar-refractivity contribution in [1.29, 1.82) is 0 Å². The number of H-pyrrole nitrogens is 1. The highest BCUT2D eigenvalue weighted by Gasteiger charge is 2.35. The van der Waals surface area contributed by atoms with E-state index in [4.69, 9.17) is 9.47 Å². The fourth-order valence-corrected chi connectivity index (χ4v) is 3.78. The van der Waals surface area contributed by atoms with Gasteiger partial charge in [-0.3, -0.25) is 10.1 Å². The number of carbonyl (C=O) groups excluding carboxylic acids is 1. The van der Waals surface area contributed by atoms with Gasteiger partial charge in [-0.2, -0.15) is 0 Å². The van der Waals surface area contributed by atoms with Crippen molar-refractivity contribution in [3.05, 3.63) is 65.4 Å². The molecule has 2 unspecified atom stereocenters. The summed E-state index contributed by atoms with van der Waals surface area (Å²) in [6.07, 6.45) is 0.597. The summed E-state index contributed by atoms with van der Waals surface area (Å²) in [5.41, 5.74) is 4.32. The Kier molecular flexibility index (Phi) is 4.39. The lowest BCUT2D eigenvalue weighted by Gasteiger charge is -2.31. The molecule has 0 aliphatic carbocycles.